The van der Waals surface area contributed by atoms with E-state index in [1.54, 1.807) is 48.5 Å². The van der Waals surface area contributed by atoms with E-state index in [-0.39, 0.29) is 23.8 Å². The Kier molecular flexibility index (Phi) is 7.03. The normalized spacial score (nSPS) is 10.9. The quantitative estimate of drug-likeness (QED) is 0.272. The molecule has 0 atom stereocenters. The van der Waals surface area contributed by atoms with E-state index in [0.717, 1.165) is 23.1 Å². The molecule has 0 saturated heterocycles. The van der Waals surface area contributed by atoms with Crippen LogP contribution in [0.4, 0.5) is 0 Å². The average Bonchev–Trinajstić information content (AvgIpc) is 2.84. The van der Waals surface area contributed by atoms with Crippen molar-refractivity contribution in [1.82, 2.24) is 0 Å². The zero-order valence-corrected chi connectivity index (χ0v) is 20.1. The number of ether oxygens (including phenoxy) is 2. The fourth-order valence-corrected chi connectivity index (χ4v) is 3.65. The minimum atomic E-state index is -0.361. The largest absolute Gasteiger partial charge is 0.481 e. The standard InChI is InChI=1S/C28H25ClO5/c1-4-13-32-28(31)21-7-5-19(6-8-21)16-33-27-25(30)23-14-17(2)18(3)15-24(23)34-26(27)20-9-11-22(29)12-10-20/h5-12,14-15H,4,13,16H2,1-3H3. The number of esters is 1. The molecule has 0 bridgehead atoms. The van der Waals surface area contributed by atoms with Crippen LogP contribution in [0.5, 0.6) is 5.75 Å². The third kappa shape index (κ3) is 5.00. The molecule has 1 heterocycles. The van der Waals surface area contributed by atoms with E-state index in [2.05, 4.69) is 0 Å². The van der Waals surface area contributed by atoms with E-state index in [0.29, 0.717) is 39.5 Å². The van der Waals surface area contributed by atoms with Crippen LogP contribution in [0.15, 0.2) is 69.9 Å². The van der Waals surface area contributed by atoms with E-state index < -0.39 is 0 Å². The molecule has 34 heavy (non-hydrogen) atoms. The SMILES string of the molecule is CCCOC(=O)c1ccc(COc2c(-c3ccc(Cl)cc3)oc3cc(C)c(C)cc3c2=O)cc1. The molecule has 0 amide bonds. The van der Waals surface area contributed by atoms with Gasteiger partial charge in [0.1, 0.15) is 12.2 Å². The number of aryl methyl sites for hydroxylation is 2. The van der Waals surface area contributed by atoms with Gasteiger partial charge < -0.3 is 13.9 Å². The third-order valence-corrected chi connectivity index (χ3v) is 5.83. The summed E-state index contributed by atoms with van der Waals surface area (Å²) in [6.07, 6.45) is 0.765. The summed E-state index contributed by atoms with van der Waals surface area (Å²) in [4.78, 5) is 25.5. The topological polar surface area (TPSA) is 65.7 Å². The van der Waals surface area contributed by atoms with Gasteiger partial charge in [-0.15, -0.1) is 0 Å². The highest BCUT2D eigenvalue weighted by Crippen LogP contribution is 2.33. The molecule has 3 aromatic carbocycles. The van der Waals surface area contributed by atoms with Gasteiger partial charge in [-0.1, -0.05) is 30.7 Å². The molecule has 1 aromatic heterocycles. The van der Waals surface area contributed by atoms with Crippen LogP contribution in [0.1, 0.15) is 40.4 Å². The summed E-state index contributed by atoms with van der Waals surface area (Å²) in [5.74, 6) is 0.113. The number of hydrogen-bond acceptors (Lipinski definition) is 5. The summed E-state index contributed by atoms with van der Waals surface area (Å²) >= 11 is 6.05. The summed E-state index contributed by atoms with van der Waals surface area (Å²) in [6.45, 7) is 6.38. The van der Waals surface area contributed by atoms with Crippen LogP contribution in [0.25, 0.3) is 22.3 Å². The summed E-state index contributed by atoms with van der Waals surface area (Å²) in [5.41, 5.74) is 4.24. The molecule has 0 spiro atoms. The van der Waals surface area contributed by atoms with Crippen LogP contribution in [0.3, 0.4) is 0 Å². The number of carbonyl (C=O) groups is 1. The highest BCUT2D eigenvalue weighted by atomic mass is 35.5. The second kappa shape index (κ2) is 10.1. The molecule has 0 saturated carbocycles. The van der Waals surface area contributed by atoms with Crippen molar-refractivity contribution in [3.63, 3.8) is 0 Å². The number of carbonyl (C=O) groups excluding carboxylic acids is 1. The van der Waals surface area contributed by atoms with Crippen LogP contribution in [0, 0.1) is 13.8 Å². The molecule has 0 aliphatic rings. The highest BCUT2D eigenvalue weighted by molar-refractivity contribution is 6.30. The smallest absolute Gasteiger partial charge is 0.338 e. The lowest BCUT2D eigenvalue weighted by atomic mass is 10.0. The maximum Gasteiger partial charge on any atom is 0.338 e. The van der Waals surface area contributed by atoms with E-state index in [1.807, 2.05) is 32.9 Å². The Morgan fingerprint density at radius 1 is 0.971 bits per heavy atom. The molecule has 6 heteroatoms. The minimum absolute atomic E-state index is 0.129. The van der Waals surface area contributed by atoms with Crippen molar-refractivity contribution in [3.8, 4) is 17.1 Å². The number of benzene rings is 3. The van der Waals surface area contributed by atoms with E-state index in [9.17, 15) is 9.59 Å². The lowest BCUT2D eigenvalue weighted by Gasteiger charge is -2.13. The fraction of sp³-hybridized carbons (Fsp3) is 0.214. The van der Waals surface area contributed by atoms with Crippen molar-refractivity contribution < 1.29 is 18.7 Å². The number of halogens is 1. The van der Waals surface area contributed by atoms with Crippen LogP contribution >= 0.6 is 11.6 Å². The van der Waals surface area contributed by atoms with Crippen LogP contribution in [0.2, 0.25) is 5.02 Å². The van der Waals surface area contributed by atoms with Crippen molar-refractivity contribution in [2.75, 3.05) is 6.61 Å². The third-order valence-electron chi connectivity index (χ3n) is 5.58. The van der Waals surface area contributed by atoms with Crippen LogP contribution in [-0.2, 0) is 11.3 Å². The zero-order valence-electron chi connectivity index (χ0n) is 19.3. The van der Waals surface area contributed by atoms with Gasteiger partial charge in [-0.05, 0) is 85.5 Å². The molecule has 0 aliphatic carbocycles. The van der Waals surface area contributed by atoms with Gasteiger partial charge >= 0.3 is 5.97 Å². The lowest BCUT2D eigenvalue weighted by Crippen LogP contribution is -2.11. The first-order chi connectivity index (χ1) is 16.4. The van der Waals surface area contributed by atoms with Gasteiger partial charge in [0.25, 0.3) is 0 Å². The van der Waals surface area contributed by atoms with Gasteiger partial charge in [-0.25, -0.2) is 4.79 Å². The van der Waals surface area contributed by atoms with Crippen molar-refractivity contribution in [2.24, 2.45) is 0 Å². The summed E-state index contributed by atoms with van der Waals surface area (Å²) < 4.78 is 17.4. The number of hydrogen-bond donors (Lipinski definition) is 0. The molecule has 4 aromatic rings. The Balaban J connectivity index is 1.69. The van der Waals surface area contributed by atoms with E-state index >= 15 is 0 Å². The number of rotatable bonds is 7. The average molecular weight is 477 g/mol. The molecule has 0 fully saturated rings. The first-order valence-corrected chi connectivity index (χ1v) is 11.5. The maximum atomic E-state index is 13.4. The molecule has 4 rings (SSSR count). The molecule has 0 N–H and O–H groups in total. The molecule has 5 nitrogen and oxygen atoms in total. The Morgan fingerprint density at radius 3 is 2.32 bits per heavy atom. The fourth-order valence-electron chi connectivity index (χ4n) is 3.53. The Labute approximate surface area is 202 Å². The van der Waals surface area contributed by atoms with Crippen molar-refractivity contribution in [2.45, 2.75) is 33.8 Å². The molecule has 0 unspecified atom stereocenters. The van der Waals surface area contributed by atoms with Gasteiger partial charge in [0.2, 0.25) is 11.2 Å². The first kappa shape index (κ1) is 23.6. The molecular weight excluding hydrogens is 452 g/mol. The van der Waals surface area contributed by atoms with Gasteiger partial charge in [0.15, 0.2) is 5.76 Å². The van der Waals surface area contributed by atoms with Crippen molar-refractivity contribution >= 4 is 28.5 Å². The molecule has 0 aliphatic heterocycles. The first-order valence-electron chi connectivity index (χ1n) is 11.1. The summed E-state index contributed by atoms with van der Waals surface area (Å²) in [7, 11) is 0. The monoisotopic (exact) mass is 476 g/mol. The van der Waals surface area contributed by atoms with Gasteiger partial charge in [0, 0.05) is 10.6 Å². The van der Waals surface area contributed by atoms with Gasteiger partial charge in [-0.3, -0.25) is 4.79 Å². The maximum absolute atomic E-state index is 13.4. The summed E-state index contributed by atoms with van der Waals surface area (Å²) in [6, 6.07) is 17.7. The predicted octanol–water partition coefficient (Wildman–Crippen LogP) is 6.88. The Bertz CT molecular complexity index is 1390. The molecule has 174 valence electrons. The lowest BCUT2D eigenvalue weighted by molar-refractivity contribution is 0.0505. The van der Waals surface area contributed by atoms with Crippen LogP contribution < -0.4 is 10.2 Å². The van der Waals surface area contributed by atoms with Gasteiger partial charge in [0.05, 0.1) is 17.6 Å². The minimum Gasteiger partial charge on any atom is -0.481 e. The van der Waals surface area contributed by atoms with E-state index in [1.165, 1.54) is 0 Å². The Hall–Kier alpha value is -3.57. The van der Waals surface area contributed by atoms with Crippen molar-refractivity contribution in [1.29, 1.82) is 0 Å². The zero-order chi connectivity index (χ0) is 24.2. The van der Waals surface area contributed by atoms with E-state index in [4.69, 9.17) is 25.5 Å². The molecular formula is C28H25ClO5. The Morgan fingerprint density at radius 2 is 1.65 bits per heavy atom. The number of fused-ring (bicyclic) bond motifs is 1. The second-order valence-electron chi connectivity index (χ2n) is 8.15. The van der Waals surface area contributed by atoms with Gasteiger partial charge in [-0.2, -0.15) is 0 Å². The summed E-state index contributed by atoms with van der Waals surface area (Å²) in [5, 5.41) is 1.04. The highest BCUT2D eigenvalue weighted by Gasteiger charge is 2.19. The van der Waals surface area contributed by atoms with Crippen molar-refractivity contribution in [3.05, 3.63) is 98.2 Å². The predicted molar refractivity (Wildman–Crippen MR) is 134 cm³/mol. The van der Waals surface area contributed by atoms with Crippen LogP contribution in [-0.4, -0.2) is 12.6 Å². The molecule has 0 radical (unpaired) electrons. The second-order valence-corrected chi connectivity index (χ2v) is 8.59.